The molecule has 0 saturated carbocycles. The first-order chi connectivity index (χ1) is 20.8. The highest BCUT2D eigenvalue weighted by atomic mass is 16.4. The van der Waals surface area contributed by atoms with Crippen molar-refractivity contribution in [2.24, 2.45) is 17.6 Å². The van der Waals surface area contributed by atoms with Gasteiger partial charge in [-0.1, -0.05) is 94.8 Å². The van der Waals surface area contributed by atoms with Gasteiger partial charge in [-0.2, -0.15) is 0 Å². The number of carboxylic acid groups (broad SMARTS) is 1. The topological polar surface area (TPSA) is 171 Å². The number of nitrogens with one attached hydrogen (secondary N) is 3. The van der Waals surface area contributed by atoms with Crippen molar-refractivity contribution in [1.29, 1.82) is 0 Å². The van der Waals surface area contributed by atoms with Crippen LogP contribution in [-0.4, -0.2) is 76.9 Å². The fourth-order valence-corrected chi connectivity index (χ4v) is 4.92. The highest BCUT2D eigenvalue weighted by Crippen LogP contribution is 2.16. The molecule has 0 aliphatic heterocycles. The number of likely N-dealkylation sites (N-methyl/N-ethyl adjacent to an activating group) is 1. The van der Waals surface area contributed by atoms with E-state index in [1.165, 1.54) is 18.9 Å². The van der Waals surface area contributed by atoms with Crippen molar-refractivity contribution in [3.05, 3.63) is 71.8 Å². The molecule has 0 fully saturated rings. The molecule has 0 aliphatic carbocycles. The summed E-state index contributed by atoms with van der Waals surface area (Å²) in [5.74, 6) is -4.02. The molecule has 2 aromatic carbocycles. The van der Waals surface area contributed by atoms with E-state index in [0.29, 0.717) is 12.8 Å². The van der Waals surface area contributed by atoms with E-state index in [9.17, 15) is 29.1 Å². The Kier molecular flexibility index (Phi) is 14.0. The number of hydrogen-bond donors (Lipinski definition) is 5. The van der Waals surface area contributed by atoms with E-state index in [0.717, 1.165) is 11.1 Å². The number of aliphatic carboxylic acids is 1. The lowest BCUT2D eigenvalue weighted by molar-refractivity contribution is -0.143. The summed E-state index contributed by atoms with van der Waals surface area (Å²) in [6, 6.07) is 13.3. The Morgan fingerprint density at radius 1 is 0.773 bits per heavy atom. The first-order valence-electron chi connectivity index (χ1n) is 15.0. The van der Waals surface area contributed by atoms with Crippen LogP contribution in [0.15, 0.2) is 60.7 Å². The molecule has 0 spiro atoms. The molecule has 4 amide bonds. The maximum absolute atomic E-state index is 13.7. The van der Waals surface area contributed by atoms with Crippen molar-refractivity contribution in [1.82, 2.24) is 20.9 Å². The molecule has 2 rings (SSSR count). The van der Waals surface area contributed by atoms with Crippen molar-refractivity contribution in [2.75, 3.05) is 7.05 Å². The summed E-state index contributed by atoms with van der Waals surface area (Å²) in [5, 5.41) is 17.3. The Hall–Kier alpha value is -4.25. The minimum absolute atomic E-state index is 0.108. The highest BCUT2D eigenvalue weighted by molar-refractivity contribution is 5.95. The second-order valence-electron chi connectivity index (χ2n) is 11.6. The zero-order valence-electron chi connectivity index (χ0n) is 26.4. The number of amides is 4. The normalized spacial score (nSPS) is 15.2. The van der Waals surface area contributed by atoms with Crippen molar-refractivity contribution in [3.63, 3.8) is 0 Å². The zero-order chi connectivity index (χ0) is 33.0. The summed E-state index contributed by atoms with van der Waals surface area (Å²) in [6.45, 7) is 8.62. The molecule has 0 unspecified atom stereocenters. The molecular formula is C33H47N5O6. The van der Waals surface area contributed by atoms with E-state index >= 15 is 0 Å². The van der Waals surface area contributed by atoms with Gasteiger partial charge in [-0.15, -0.1) is 0 Å². The fraction of sp³-hybridized carbons (Fsp3) is 0.485. The zero-order valence-corrected chi connectivity index (χ0v) is 26.4. The summed E-state index contributed by atoms with van der Waals surface area (Å²) in [5.41, 5.74) is 7.90. The van der Waals surface area contributed by atoms with Gasteiger partial charge in [0.25, 0.3) is 0 Å². The number of hydrogen-bond acceptors (Lipinski definition) is 6. The van der Waals surface area contributed by atoms with Crippen LogP contribution in [0.1, 0.15) is 52.2 Å². The van der Waals surface area contributed by atoms with E-state index in [4.69, 9.17) is 5.73 Å². The predicted octanol–water partition coefficient (Wildman–Crippen LogP) is 1.89. The van der Waals surface area contributed by atoms with Gasteiger partial charge in [-0.05, 0) is 36.3 Å². The van der Waals surface area contributed by atoms with Crippen LogP contribution in [0.3, 0.4) is 0 Å². The van der Waals surface area contributed by atoms with Gasteiger partial charge >= 0.3 is 5.97 Å². The van der Waals surface area contributed by atoms with Gasteiger partial charge in [0, 0.05) is 13.5 Å². The van der Waals surface area contributed by atoms with E-state index in [1.807, 2.05) is 43.3 Å². The summed E-state index contributed by atoms with van der Waals surface area (Å²) >= 11 is 0. The molecule has 6 N–H and O–H groups in total. The first kappa shape index (κ1) is 35.9. The number of nitrogens with two attached hydrogens (primary N) is 1. The molecule has 240 valence electrons. The lowest BCUT2D eigenvalue weighted by Crippen LogP contribution is -2.61. The van der Waals surface area contributed by atoms with Crippen LogP contribution in [0.5, 0.6) is 0 Å². The number of carboxylic acids is 1. The minimum atomic E-state index is -1.21. The lowest BCUT2D eigenvalue weighted by atomic mass is 9.95. The average Bonchev–Trinajstić information content (AvgIpc) is 2.99. The number of benzene rings is 2. The molecule has 0 heterocycles. The lowest BCUT2D eigenvalue weighted by Gasteiger charge is -2.34. The molecule has 0 bridgehead atoms. The third-order valence-electron chi connectivity index (χ3n) is 7.72. The first-order valence-corrected chi connectivity index (χ1v) is 15.0. The fourth-order valence-electron chi connectivity index (χ4n) is 4.92. The molecule has 0 radical (unpaired) electrons. The van der Waals surface area contributed by atoms with Crippen LogP contribution < -0.4 is 21.7 Å². The monoisotopic (exact) mass is 609 g/mol. The molecule has 2 aromatic rings. The van der Waals surface area contributed by atoms with Crippen molar-refractivity contribution >= 4 is 29.6 Å². The van der Waals surface area contributed by atoms with Crippen LogP contribution in [0, 0.1) is 11.8 Å². The van der Waals surface area contributed by atoms with Gasteiger partial charge in [-0.3, -0.25) is 24.0 Å². The Morgan fingerprint density at radius 3 is 1.77 bits per heavy atom. The van der Waals surface area contributed by atoms with Crippen LogP contribution >= 0.6 is 0 Å². The third kappa shape index (κ3) is 10.5. The van der Waals surface area contributed by atoms with Gasteiger partial charge < -0.3 is 31.7 Å². The van der Waals surface area contributed by atoms with Gasteiger partial charge in [0.15, 0.2) is 0 Å². The van der Waals surface area contributed by atoms with Gasteiger partial charge in [0.2, 0.25) is 23.6 Å². The second-order valence-corrected chi connectivity index (χ2v) is 11.6. The summed E-state index contributed by atoms with van der Waals surface area (Å²) in [7, 11) is 1.53. The van der Waals surface area contributed by atoms with Crippen molar-refractivity contribution in [2.45, 2.75) is 84.1 Å². The Balaban J connectivity index is 2.26. The third-order valence-corrected chi connectivity index (χ3v) is 7.72. The summed E-state index contributed by atoms with van der Waals surface area (Å²) in [6.07, 6.45) is 0.948. The number of carbonyl (C=O) groups is 5. The highest BCUT2D eigenvalue weighted by Gasteiger charge is 2.36. The van der Waals surface area contributed by atoms with E-state index in [2.05, 4.69) is 16.0 Å². The maximum atomic E-state index is 13.7. The van der Waals surface area contributed by atoms with E-state index < -0.39 is 59.8 Å². The molecule has 0 aliphatic rings. The Morgan fingerprint density at radius 2 is 1.30 bits per heavy atom. The number of rotatable bonds is 16. The van der Waals surface area contributed by atoms with Crippen molar-refractivity contribution < 1.29 is 29.1 Å². The maximum Gasteiger partial charge on any atom is 0.325 e. The van der Waals surface area contributed by atoms with Crippen LogP contribution in [0.25, 0.3) is 0 Å². The molecule has 6 atom stereocenters. The second kappa shape index (κ2) is 17.1. The summed E-state index contributed by atoms with van der Waals surface area (Å²) in [4.78, 5) is 66.5. The largest absolute Gasteiger partial charge is 0.480 e. The van der Waals surface area contributed by atoms with Gasteiger partial charge in [0.05, 0.1) is 6.04 Å². The SMILES string of the molecule is CC[C@H](C)[C@H](NC(=O)[C@H](C(C)C)N(C)C(=O)[C@@H](N)Cc1ccccc1)C(=O)N[C@@H](Cc1ccccc1)C(=O)N[C@@H](C)C(=O)O. The van der Waals surface area contributed by atoms with Crippen LogP contribution in [-0.2, 0) is 36.8 Å². The van der Waals surface area contributed by atoms with Crippen molar-refractivity contribution in [3.8, 4) is 0 Å². The molecule has 0 aromatic heterocycles. The number of nitrogens with zero attached hydrogens (tertiary/aromatic N) is 1. The Labute approximate surface area is 260 Å². The van der Waals surface area contributed by atoms with Crippen LogP contribution in [0.4, 0.5) is 0 Å². The number of carbonyl (C=O) groups excluding carboxylic acids is 4. The van der Waals surface area contributed by atoms with Gasteiger partial charge in [-0.25, -0.2) is 0 Å². The Bertz CT molecular complexity index is 1260. The van der Waals surface area contributed by atoms with E-state index in [-0.39, 0.29) is 18.3 Å². The van der Waals surface area contributed by atoms with E-state index in [1.54, 1.807) is 45.0 Å². The van der Waals surface area contributed by atoms with Crippen LogP contribution in [0.2, 0.25) is 0 Å². The molecule has 44 heavy (non-hydrogen) atoms. The quantitative estimate of drug-likeness (QED) is 0.193. The predicted molar refractivity (Wildman–Crippen MR) is 168 cm³/mol. The minimum Gasteiger partial charge on any atom is -0.480 e. The molecule has 11 heteroatoms. The average molecular weight is 610 g/mol. The van der Waals surface area contributed by atoms with Gasteiger partial charge in [0.1, 0.15) is 24.2 Å². The molecular weight excluding hydrogens is 562 g/mol. The smallest absolute Gasteiger partial charge is 0.325 e. The molecule has 0 saturated heterocycles. The standard InChI is InChI=1S/C33H47N5O6/c1-7-21(4)27(30(40)36-26(19-24-16-12-9-13-17-24)29(39)35-22(5)33(43)44)37-31(41)28(20(2)3)38(6)32(42)25(34)18-23-14-10-8-11-15-23/h8-17,20-22,25-28H,7,18-19,34H2,1-6H3,(H,35,39)(H,36,40)(H,37,41)(H,43,44)/t21-,22-,25-,26-,27-,28-/m0/s1. The molecule has 11 nitrogen and oxygen atoms in total. The summed E-state index contributed by atoms with van der Waals surface area (Å²) < 4.78 is 0.